The molecule has 126 valence electrons. The van der Waals surface area contributed by atoms with Gasteiger partial charge in [0.25, 0.3) is 10.1 Å². The van der Waals surface area contributed by atoms with Gasteiger partial charge in [0.1, 0.15) is 6.61 Å². The Labute approximate surface area is 127 Å². The third-order valence-electron chi connectivity index (χ3n) is 2.38. The zero-order chi connectivity index (χ0) is 16.0. The molecule has 0 unspecified atom stereocenters. The number of carbonyl (C=O) groups excluding carboxylic acids is 1. The fraction of sp³-hybridized carbons (Fsp3) is 0.923. The maximum atomic E-state index is 10.9. The van der Waals surface area contributed by atoms with Gasteiger partial charge in [0.15, 0.2) is 0 Å². The van der Waals surface area contributed by atoms with Crippen LogP contribution in [0.3, 0.4) is 0 Å². The number of unbranched alkanes of at least 4 members (excludes halogenated alkanes) is 3. The van der Waals surface area contributed by atoms with Crippen LogP contribution in [0.4, 0.5) is 0 Å². The van der Waals surface area contributed by atoms with Crippen LogP contribution in [0.1, 0.15) is 32.6 Å². The van der Waals surface area contributed by atoms with Crippen molar-refractivity contribution in [3.63, 3.8) is 0 Å². The maximum Gasteiger partial charge on any atom is 0.332 e. The van der Waals surface area contributed by atoms with Crippen molar-refractivity contribution in [1.29, 1.82) is 0 Å². The van der Waals surface area contributed by atoms with Gasteiger partial charge in [-0.15, -0.1) is 0 Å². The lowest BCUT2D eigenvalue weighted by molar-refractivity contribution is -0.148. The Hall–Kier alpha value is -0.700. The van der Waals surface area contributed by atoms with E-state index in [0.717, 1.165) is 31.9 Å². The van der Waals surface area contributed by atoms with Crippen molar-refractivity contribution in [2.75, 3.05) is 45.9 Å². The minimum absolute atomic E-state index is 0.0441. The van der Waals surface area contributed by atoms with Gasteiger partial charge in [-0.2, -0.15) is 8.42 Å². The lowest BCUT2D eigenvalue weighted by atomic mass is 10.2. The maximum absolute atomic E-state index is 10.9. The fourth-order valence-electron chi connectivity index (χ4n) is 1.45. The fourth-order valence-corrected chi connectivity index (χ4v) is 1.87. The van der Waals surface area contributed by atoms with Crippen LogP contribution in [0.25, 0.3) is 0 Å². The summed E-state index contributed by atoms with van der Waals surface area (Å²) < 4.78 is 41.1. The first-order valence-corrected chi connectivity index (χ1v) is 8.93. The standard InChI is InChI=1S/C13H26O7S/c1-3-19-13(14)12-18-11-10-17-8-6-4-5-7-9-20-21(2,15)16/h3-12H2,1-2H3. The molecule has 0 atom stereocenters. The van der Waals surface area contributed by atoms with Crippen molar-refractivity contribution in [2.45, 2.75) is 32.6 Å². The van der Waals surface area contributed by atoms with Crippen molar-refractivity contribution in [3.05, 3.63) is 0 Å². The van der Waals surface area contributed by atoms with Crippen molar-refractivity contribution in [2.24, 2.45) is 0 Å². The van der Waals surface area contributed by atoms with Gasteiger partial charge in [-0.25, -0.2) is 4.79 Å². The van der Waals surface area contributed by atoms with Gasteiger partial charge >= 0.3 is 5.97 Å². The Morgan fingerprint density at radius 3 is 2.14 bits per heavy atom. The Morgan fingerprint density at radius 2 is 1.52 bits per heavy atom. The molecule has 0 rings (SSSR count). The van der Waals surface area contributed by atoms with Crippen LogP contribution in [0.15, 0.2) is 0 Å². The van der Waals surface area contributed by atoms with Crippen molar-refractivity contribution < 1.29 is 31.6 Å². The molecule has 0 aromatic rings. The Balaban J connectivity index is 3.14. The van der Waals surface area contributed by atoms with Crippen LogP contribution in [-0.2, 0) is 33.3 Å². The molecular formula is C13H26O7S. The normalized spacial score (nSPS) is 11.5. The predicted octanol–water partition coefficient (Wildman–Crippen LogP) is 1.12. The molecule has 0 bridgehead atoms. The number of ether oxygens (including phenoxy) is 3. The lowest BCUT2D eigenvalue weighted by Gasteiger charge is -2.06. The van der Waals surface area contributed by atoms with E-state index in [0.29, 0.717) is 26.4 Å². The number of carbonyl (C=O) groups is 1. The number of rotatable bonds is 14. The monoisotopic (exact) mass is 326 g/mol. The largest absolute Gasteiger partial charge is 0.464 e. The molecule has 0 fully saturated rings. The third-order valence-corrected chi connectivity index (χ3v) is 2.97. The SMILES string of the molecule is CCOC(=O)COCCOCCCCCCOS(C)(=O)=O. The molecule has 0 aliphatic rings. The highest BCUT2D eigenvalue weighted by atomic mass is 32.2. The van der Waals surface area contributed by atoms with Gasteiger partial charge in [-0.3, -0.25) is 4.18 Å². The second kappa shape index (κ2) is 13.0. The van der Waals surface area contributed by atoms with E-state index in [2.05, 4.69) is 4.18 Å². The molecule has 0 saturated heterocycles. The first kappa shape index (κ1) is 20.3. The van der Waals surface area contributed by atoms with Gasteiger partial charge < -0.3 is 14.2 Å². The molecule has 0 aromatic heterocycles. The number of hydrogen-bond donors (Lipinski definition) is 0. The van der Waals surface area contributed by atoms with Gasteiger partial charge in [0, 0.05) is 6.61 Å². The summed E-state index contributed by atoms with van der Waals surface area (Å²) in [4.78, 5) is 10.9. The molecular weight excluding hydrogens is 300 g/mol. The summed E-state index contributed by atoms with van der Waals surface area (Å²) >= 11 is 0. The van der Waals surface area contributed by atoms with Crippen molar-refractivity contribution >= 4 is 16.1 Å². The van der Waals surface area contributed by atoms with Gasteiger partial charge in [-0.05, 0) is 19.8 Å². The zero-order valence-electron chi connectivity index (χ0n) is 12.8. The van der Waals surface area contributed by atoms with Gasteiger partial charge in [-0.1, -0.05) is 12.8 Å². The predicted molar refractivity (Wildman–Crippen MR) is 77.5 cm³/mol. The van der Waals surface area contributed by atoms with E-state index >= 15 is 0 Å². The molecule has 8 heteroatoms. The average Bonchev–Trinajstić information content (AvgIpc) is 2.39. The van der Waals surface area contributed by atoms with E-state index < -0.39 is 10.1 Å². The van der Waals surface area contributed by atoms with E-state index in [1.807, 2.05) is 0 Å². The Bertz CT molecular complexity index is 354. The van der Waals surface area contributed by atoms with Gasteiger partial charge in [0.05, 0.1) is 32.7 Å². The molecule has 0 aliphatic carbocycles. The van der Waals surface area contributed by atoms with Crippen molar-refractivity contribution in [3.8, 4) is 0 Å². The van der Waals surface area contributed by atoms with E-state index in [-0.39, 0.29) is 19.2 Å². The van der Waals surface area contributed by atoms with Gasteiger partial charge in [0.2, 0.25) is 0 Å². The lowest BCUT2D eigenvalue weighted by Crippen LogP contribution is -2.15. The van der Waals surface area contributed by atoms with Crippen LogP contribution in [0.5, 0.6) is 0 Å². The average molecular weight is 326 g/mol. The molecule has 0 N–H and O–H groups in total. The molecule has 21 heavy (non-hydrogen) atoms. The topological polar surface area (TPSA) is 88.1 Å². The minimum Gasteiger partial charge on any atom is -0.464 e. The summed E-state index contributed by atoms with van der Waals surface area (Å²) in [6.45, 7) is 3.72. The second-order valence-electron chi connectivity index (χ2n) is 4.41. The van der Waals surface area contributed by atoms with Crippen LogP contribution >= 0.6 is 0 Å². The zero-order valence-corrected chi connectivity index (χ0v) is 13.7. The molecule has 0 amide bonds. The van der Waals surface area contributed by atoms with Crippen LogP contribution < -0.4 is 0 Å². The second-order valence-corrected chi connectivity index (χ2v) is 6.05. The first-order valence-electron chi connectivity index (χ1n) is 7.11. The highest BCUT2D eigenvalue weighted by molar-refractivity contribution is 7.85. The molecule has 0 spiro atoms. The first-order chi connectivity index (χ1) is 9.95. The molecule has 0 aliphatic heterocycles. The Kier molecular flexibility index (Phi) is 12.6. The molecule has 7 nitrogen and oxygen atoms in total. The third kappa shape index (κ3) is 17.2. The molecule has 0 radical (unpaired) electrons. The molecule has 0 heterocycles. The van der Waals surface area contributed by atoms with Crippen LogP contribution in [-0.4, -0.2) is 60.3 Å². The number of hydrogen-bond acceptors (Lipinski definition) is 7. The van der Waals surface area contributed by atoms with Crippen molar-refractivity contribution in [1.82, 2.24) is 0 Å². The van der Waals surface area contributed by atoms with E-state index in [1.165, 1.54) is 0 Å². The van der Waals surface area contributed by atoms with Crippen LogP contribution in [0, 0.1) is 0 Å². The highest BCUT2D eigenvalue weighted by Crippen LogP contribution is 2.01. The minimum atomic E-state index is -3.32. The van der Waals surface area contributed by atoms with E-state index in [4.69, 9.17) is 14.2 Å². The van der Waals surface area contributed by atoms with E-state index in [1.54, 1.807) is 6.92 Å². The van der Waals surface area contributed by atoms with Crippen LogP contribution in [0.2, 0.25) is 0 Å². The smallest absolute Gasteiger partial charge is 0.332 e. The summed E-state index contributed by atoms with van der Waals surface area (Å²) in [6.07, 6.45) is 4.52. The Morgan fingerprint density at radius 1 is 0.905 bits per heavy atom. The molecule has 0 aromatic carbocycles. The summed E-state index contributed by atoms with van der Waals surface area (Å²) in [6, 6.07) is 0. The summed E-state index contributed by atoms with van der Waals surface area (Å²) in [5, 5.41) is 0. The quantitative estimate of drug-likeness (QED) is 0.268. The molecule has 0 saturated carbocycles. The summed E-state index contributed by atoms with van der Waals surface area (Å²) in [5.41, 5.74) is 0. The summed E-state index contributed by atoms with van der Waals surface area (Å²) in [7, 11) is -3.32. The highest BCUT2D eigenvalue weighted by Gasteiger charge is 2.01. The number of esters is 1. The van der Waals surface area contributed by atoms with E-state index in [9.17, 15) is 13.2 Å². The summed E-state index contributed by atoms with van der Waals surface area (Å²) in [5.74, 6) is -0.367.